The van der Waals surface area contributed by atoms with Gasteiger partial charge >= 0.3 is 0 Å². The largest absolute Gasteiger partial charge is 0.335 e. The van der Waals surface area contributed by atoms with Crippen LogP contribution in [0.4, 0.5) is 0 Å². The zero-order chi connectivity index (χ0) is 20.0. The summed E-state index contributed by atoms with van der Waals surface area (Å²) in [5.74, 6) is 1.98. The Hall–Kier alpha value is -1.39. The van der Waals surface area contributed by atoms with Gasteiger partial charge in [-0.15, -0.1) is 0 Å². The molecule has 0 spiro atoms. The number of rotatable bonds is 3. The molecule has 3 saturated heterocycles. The van der Waals surface area contributed by atoms with Gasteiger partial charge in [0.15, 0.2) is 0 Å². The predicted molar refractivity (Wildman–Crippen MR) is 117 cm³/mol. The summed E-state index contributed by atoms with van der Waals surface area (Å²) in [6.07, 6.45) is 7.28. The minimum atomic E-state index is 0.283. The number of aryl methyl sites for hydroxylation is 1. The van der Waals surface area contributed by atoms with Crippen LogP contribution in [-0.2, 0) is 4.79 Å². The zero-order valence-corrected chi connectivity index (χ0v) is 18.2. The number of benzene rings is 1. The van der Waals surface area contributed by atoms with Gasteiger partial charge in [0.1, 0.15) is 0 Å². The van der Waals surface area contributed by atoms with Gasteiger partial charge < -0.3 is 9.80 Å². The Morgan fingerprint density at radius 1 is 0.966 bits per heavy atom. The Balaban J connectivity index is 1.39. The highest BCUT2D eigenvalue weighted by Gasteiger charge is 2.51. The molecule has 1 amide bonds. The first-order valence-electron chi connectivity index (χ1n) is 11.9. The molecule has 3 heterocycles. The third-order valence-electron chi connectivity index (χ3n) is 8.39. The van der Waals surface area contributed by atoms with Crippen molar-refractivity contribution in [3.8, 4) is 0 Å². The molecule has 4 heteroatoms. The average molecular weight is 396 g/mol. The Labute approximate surface area is 176 Å². The van der Waals surface area contributed by atoms with Gasteiger partial charge in [-0.05, 0) is 69.8 Å². The average Bonchev–Trinajstić information content (AvgIpc) is 3.45. The summed E-state index contributed by atoms with van der Waals surface area (Å²) >= 11 is 0. The molecule has 1 aromatic carbocycles. The highest BCUT2D eigenvalue weighted by Crippen LogP contribution is 2.48. The van der Waals surface area contributed by atoms with Crippen LogP contribution in [-0.4, -0.2) is 66.4 Å². The Morgan fingerprint density at radius 2 is 1.69 bits per heavy atom. The molecular formula is C25H37N3O. The summed E-state index contributed by atoms with van der Waals surface area (Å²) < 4.78 is 0. The molecule has 1 aliphatic carbocycles. The van der Waals surface area contributed by atoms with Crippen molar-refractivity contribution in [1.82, 2.24) is 14.7 Å². The quantitative estimate of drug-likeness (QED) is 0.781. The lowest BCUT2D eigenvalue weighted by Gasteiger charge is -2.37. The second-order valence-electron chi connectivity index (χ2n) is 10.2. The second-order valence-corrected chi connectivity index (χ2v) is 10.2. The van der Waals surface area contributed by atoms with E-state index in [-0.39, 0.29) is 12.0 Å². The maximum absolute atomic E-state index is 13.5. The smallest absolute Gasteiger partial charge is 0.226 e. The van der Waals surface area contributed by atoms with Crippen LogP contribution >= 0.6 is 0 Å². The number of piperidine rings is 1. The fourth-order valence-corrected chi connectivity index (χ4v) is 6.69. The molecular weight excluding hydrogens is 358 g/mol. The van der Waals surface area contributed by atoms with E-state index in [1.165, 1.54) is 63.0 Å². The van der Waals surface area contributed by atoms with E-state index in [1.807, 2.05) is 0 Å². The van der Waals surface area contributed by atoms with Gasteiger partial charge in [-0.3, -0.25) is 9.69 Å². The van der Waals surface area contributed by atoms with E-state index in [2.05, 4.69) is 52.9 Å². The lowest BCUT2D eigenvalue weighted by atomic mass is 9.87. The number of nitrogens with zero attached hydrogens (tertiary/aromatic N) is 3. The van der Waals surface area contributed by atoms with Crippen LogP contribution in [0.25, 0.3) is 0 Å². The predicted octanol–water partition coefficient (Wildman–Crippen LogP) is 3.71. The van der Waals surface area contributed by atoms with Crippen LogP contribution < -0.4 is 0 Å². The van der Waals surface area contributed by atoms with E-state index in [1.54, 1.807) is 0 Å². The van der Waals surface area contributed by atoms with Gasteiger partial charge in [0, 0.05) is 37.5 Å². The maximum Gasteiger partial charge on any atom is 0.226 e. The van der Waals surface area contributed by atoms with Gasteiger partial charge in [0.2, 0.25) is 5.91 Å². The van der Waals surface area contributed by atoms with Gasteiger partial charge in [-0.25, -0.2) is 0 Å². The third kappa shape index (κ3) is 3.63. The first kappa shape index (κ1) is 19.6. The van der Waals surface area contributed by atoms with Gasteiger partial charge in [-0.1, -0.05) is 37.1 Å². The molecule has 0 bridgehead atoms. The van der Waals surface area contributed by atoms with Crippen molar-refractivity contribution in [2.45, 2.75) is 57.5 Å². The molecule has 4 fully saturated rings. The summed E-state index contributed by atoms with van der Waals surface area (Å²) in [7, 11) is 2.25. The number of hydrogen-bond acceptors (Lipinski definition) is 3. The topological polar surface area (TPSA) is 26.8 Å². The normalized spacial score (nSPS) is 32.2. The van der Waals surface area contributed by atoms with Crippen LogP contribution in [0.3, 0.4) is 0 Å². The van der Waals surface area contributed by atoms with Crippen molar-refractivity contribution >= 4 is 5.91 Å². The molecule has 158 valence electrons. The van der Waals surface area contributed by atoms with Crippen molar-refractivity contribution in [3.05, 3.63) is 35.4 Å². The highest BCUT2D eigenvalue weighted by molar-refractivity contribution is 5.80. The molecule has 5 rings (SSSR count). The van der Waals surface area contributed by atoms with E-state index in [9.17, 15) is 4.79 Å². The van der Waals surface area contributed by atoms with Crippen LogP contribution in [0.1, 0.15) is 55.7 Å². The molecule has 0 aromatic heterocycles. The minimum Gasteiger partial charge on any atom is -0.335 e. The van der Waals surface area contributed by atoms with Crippen molar-refractivity contribution in [2.75, 3.05) is 39.8 Å². The molecule has 0 radical (unpaired) electrons. The van der Waals surface area contributed by atoms with Crippen molar-refractivity contribution in [1.29, 1.82) is 0 Å². The fourth-order valence-electron chi connectivity index (χ4n) is 6.69. The molecule has 4 aliphatic rings. The first-order chi connectivity index (χ1) is 14.1. The zero-order valence-electron chi connectivity index (χ0n) is 18.2. The molecule has 0 unspecified atom stereocenters. The van der Waals surface area contributed by atoms with Crippen molar-refractivity contribution in [2.24, 2.45) is 17.8 Å². The van der Waals surface area contributed by atoms with E-state index in [4.69, 9.17) is 0 Å². The lowest BCUT2D eigenvalue weighted by molar-refractivity contribution is -0.137. The summed E-state index contributed by atoms with van der Waals surface area (Å²) in [4.78, 5) is 21.1. The first-order valence-corrected chi connectivity index (χ1v) is 11.9. The molecule has 29 heavy (non-hydrogen) atoms. The molecule has 4 nitrogen and oxygen atoms in total. The van der Waals surface area contributed by atoms with Crippen LogP contribution in [0.5, 0.6) is 0 Å². The summed E-state index contributed by atoms with van der Waals surface area (Å²) in [5, 5.41) is 0. The van der Waals surface area contributed by atoms with Crippen LogP contribution in [0.15, 0.2) is 24.3 Å². The van der Waals surface area contributed by atoms with Gasteiger partial charge in [-0.2, -0.15) is 0 Å². The number of fused-ring (bicyclic) bond motifs is 1. The van der Waals surface area contributed by atoms with E-state index in [0.717, 1.165) is 25.4 Å². The van der Waals surface area contributed by atoms with Gasteiger partial charge in [0.25, 0.3) is 0 Å². The standard InChI is InChI=1S/C25H37N3O/c1-18-7-3-6-10-22(18)24-23-17-27(21-11-13-26(2)14-12-21)15-20(23)16-28(24)25(29)19-8-4-5-9-19/h3,6-7,10,19-21,23-24H,4-5,8-9,11-17H2,1-2H3/t20-,23-,24+/m0/s1. The number of carbonyl (C=O) groups is 1. The molecule has 0 N–H and O–H groups in total. The van der Waals surface area contributed by atoms with E-state index >= 15 is 0 Å². The van der Waals surface area contributed by atoms with Crippen LogP contribution in [0, 0.1) is 24.7 Å². The summed E-state index contributed by atoms with van der Waals surface area (Å²) in [6, 6.07) is 9.84. The number of carbonyl (C=O) groups excluding carboxylic acids is 1. The Bertz CT molecular complexity index is 735. The SMILES string of the molecule is Cc1ccccc1[C@@H]1[C@H]2CN(C3CCN(C)CC3)C[C@H]2CN1C(=O)C1CCCC1. The number of amides is 1. The van der Waals surface area contributed by atoms with E-state index < -0.39 is 0 Å². The summed E-state index contributed by atoms with van der Waals surface area (Å²) in [5.41, 5.74) is 2.75. The Morgan fingerprint density at radius 3 is 2.41 bits per heavy atom. The molecule has 3 aliphatic heterocycles. The number of hydrogen-bond donors (Lipinski definition) is 0. The van der Waals surface area contributed by atoms with Crippen molar-refractivity contribution < 1.29 is 4.79 Å². The molecule has 1 saturated carbocycles. The monoisotopic (exact) mass is 395 g/mol. The third-order valence-corrected chi connectivity index (χ3v) is 8.39. The fraction of sp³-hybridized carbons (Fsp3) is 0.720. The second kappa shape index (κ2) is 8.03. The lowest BCUT2D eigenvalue weighted by Crippen LogP contribution is -2.45. The number of likely N-dealkylation sites (tertiary alicyclic amines) is 3. The van der Waals surface area contributed by atoms with Crippen LogP contribution in [0.2, 0.25) is 0 Å². The molecule has 3 atom stereocenters. The summed E-state index contributed by atoms with van der Waals surface area (Å²) in [6.45, 7) is 8.02. The van der Waals surface area contributed by atoms with Crippen molar-refractivity contribution in [3.63, 3.8) is 0 Å². The van der Waals surface area contributed by atoms with Gasteiger partial charge in [0.05, 0.1) is 6.04 Å². The highest BCUT2D eigenvalue weighted by atomic mass is 16.2. The van der Waals surface area contributed by atoms with E-state index in [0.29, 0.717) is 17.7 Å². The minimum absolute atomic E-state index is 0.283. The Kier molecular flexibility index (Phi) is 5.42. The maximum atomic E-state index is 13.5. The molecule has 1 aromatic rings.